The Morgan fingerprint density at radius 3 is 3.00 bits per heavy atom. The number of rotatable bonds is 5. The van der Waals surface area contributed by atoms with Crippen molar-refractivity contribution in [1.29, 1.82) is 0 Å². The van der Waals surface area contributed by atoms with Crippen LogP contribution in [0.1, 0.15) is 43.1 Å². The quantitative estimate of drug-likeness (QED) is 0.860. The zero-order valence-electron chi connectivity index (χ0n) is 12.4. The normalized spacial score (nSPS) is 14.2. The second-order valence-corrected chi connectivity index (χ2v) is 5.53. The number of halogens is 1. The van der Waals surface area contributed by atoms with Crippen LogP contribution < -0.4 is 5.32 Å². The molecule has 1 N–H and O–H groups in total. The topological polar surface area (TPSA) is 42.7 Å². The number of hydrogen-bond acceptors (Lipinski definition) is 3. The summed E-state index contributed by atoms with van der Waals surface area (Å²) in [4.78, 5) is 8.82. The number of imidazole rings is 1. The lowest BCUT2D eigenvalue weighted by Crippen LogP contribution is -2.17. The van der Waals surface area contributed by atoms with Gasteiger partial charge in [0.2, 0.25) is 0 Å². The van der Waals surface area contributed by atoms with Gasteiger partial charge in [-0.15, -0.1) is 0 Å². The van der Waals surface area contributed by atoms with Crippen molar-refractivity contribution in [3.8, 4) is 5.82 Å². The predicted octanol–water partition coefficient (Wildman–Crippen LogP) is 2.78. The molecule has 1 aliphatic carbocycles. The van der Waals surface area contributed by atoms with E-state index in [9.17, 15) is 4.39 Å². The third-order valence-corrected chi connectivity index (χ3v) is 3.91. The summed E-state index contributed by atoms with van der Waals surface area (Å²) in [5.41, 5.74) is 3.28. The van der Waals surface area contributed by atoms with E-state index in [1.807, 2.05) is 10.9 Å². The van der Waals surface area contributed by atoms with Gasteiger partial charge in [0.1, 0.15) is 18.0 Å². The maximum Gasteiger partial charge on any atom is 0.142 e. The van der Waals surface area contributed by atoms with Crippen molar-refractivity contribution >= 4 is 0 Å². The Kier molecular flexibility index (Phi) is 4.29. The molecule has 0 fully saturated rings. The lowest BCUT2D eigenvalue weighted by Gasteiger charge is -2.16. The molecule has 0 atom stereocenters. The van der Waals surface area contributed by atoms with Crippen molar-refractivity contribution < 1.29 is 4.39 Å². The Morgan fingerprint density at radius 2 is 2.14 bits per heavy atom. The molecule has 2 aromatic heterocycles. The monoisotopic (exact) mass is 288 g/mol. The van der Waals surface area contributed by atoms with Gasteiger partial charge in [0, 0.05) is 17.8 Å². The molecule has 0 unspecified atom stereocenters. The summed E-state index contributed by atoms with van der Waals surface area (Å²) in [7, 11) is 0. The van der Waals surface area contributed by atoms with Crippen molar-refractivity contribution in [3.05, 3.63) is 41.4 Å². The van der Waals surface area contributed by atoms with E-state index in [-0.39, 0.29) is 5.82 Å². The molecular weight excluding hydrogens is 267 g/mol. The van der Waals surface area contributed by atoms with Crippen LogP contribution in [-0.4, -0.2) is 21.1 Å². The minimum atomic E-state index is -0.291. The van der Waals surface area contributed by atoms with Crippen LogP contribution in [0.2, 0.25) is 0 Å². The van der Waals surface area contributed by atoms with Crippen molar-refractivity contribution in [3.63, 3.8) is 0 Å². The maximum absolute atomic E-state index is 13.5. The van der Waals surface area contributed by atoms with Gasteiger partial charge >= 0.3 is 0 Å². The van der Waals surface area contributed by atoms with Gasteiger partial charge in [0.15, 0.2) is 0 Å². The fourth-order valence-electron chi connectivity index (χ4n) is 2.87. The third-order valence-electron chi connectivity index (χ3n) is 3.91. The van der Waals surface area contributed by atoms with Crippen molar-refractivity contribution in [1.82, 2.24) is 19.9 Å². The molecule has 0 bridgehead atoms. The summed E-state index contributed by atoms with van der Waals surface area (Å²) in [6, 6.07) is 1.57. The van der Waals surface area contributed by atoms with Crippen LogP contribution in [0, 0.1) is 5.82 Å². The van der Waals surface area contributed by atoms with Gasteiger partial charge in [0.25, 0.3) is 0 Å². The first-order chi connectivity index (χ1) is 10.3. The molecule has 0 amide bonds. The van der Waals surface area contributed by atoms with E-state index in [0.717, 1.165) is 37.2 Å². The van der Waals surface area contributed by atoms with Gasteiger partial charge in [-0.1, -0.05) is 6.92 Å². The first-order valence-electron chi connectivity index (χ1n) is 7.70. The number of pyridine rings is 1. The van der Waals surface area contributed by atoms with Gasteiger partial charge < -0.3 is 5.32 Å². The second-order valence-electron chi connectivity index (χ2n) is 5.53. The Morgan fingerprint density at radius 1 is 1.29 bits per heavy atom. The smallest absolute Gasteiger partial charge is 0.142 e. The molecule has 1 aliphatic rings. The lowest BCUT2D eigenvalue weighted by atomic mass is 10.0. The molecule has 0 spiro atoms. The van der Waals surface area contributed by atoms with Gasteiger partial charge in [-0.05, 0) is 44.7 Å². The zero-order valence-corrected chi connectivity index (χ0v) is 12.4. The number of hydrogen-bond donors (Lipinski definition) is 1. The van der Waals surface area contributed by atoms with E-state index < -0.39 is 0 Å². The minimum Gasteiger partial charge on any atom is -0.313 e. The van der Waals surface area contributed by atoms with E-state index in [1.54, 1.807) is 6.07 Å². The van der Waals surface area contributed by atoms with Gasteiger partial charge in [-0.3, -0.25) is 4.57 Å². The number of nitrogens with one attached hydrogen (secondary N) is 1. The first kappa shape index (κ1) is 14.2. The highest BCUT2D eigenvalue weighted by molar-refractivity contribution is 5.37. The lowest BCUT2D eigenvalue weighted by molar-refractivity contribution is 0.606. The molecule has 3 rings (SSSR count). The molecule has 5 heteroatoms. The third kappa shape index (κ3) is 2.97. The zero-order chi connectivity index (χ0) is 14.7. The van der Waals surface area contributed by atoms with E-state index in [4.69, 9.17) is 0 Å². The Labute approximate surface area is 124 Å². The SMILES string of the molecule is CCCNCc1cc(F)cnc1-n1cnc2c1CCCC2. The average Bonchev–Trinajstić information content (AvgIpc) is 2.92. The van der Waals surface area contributed by atoms with Crippen LogP contribution >= 0.6 is 0 Å². The van der Waals surface area contributed by atoms with Crippen molar-refractivity contribution in [2.24, 2.45) is 0 Å². The Hall–Kier alpha value is -1.75. The average molecular weight is 288 g/mol. The first-order valence-corrected chi connectivity index (χ1v) is 7.70. The highest BCUT2D eigenvalue weighted by atomic mass is 19.1. The van der Waals surface area contributed by atoms with Crippen LogP contribution in [0.25, 0.3) is 5.82 Å². The van der Waals surface area contributed by atoms with Crippen LogP contribution in [0.15, 0.2) is 18.6 Å². The van der Waals surface area contributed by atoms with Crippen LogP contribution in [0.5, 0.6) is 0 Å². The number of aromatic nitrogens is 3. The van der Waals surface area contributed by atoms with Crippen LogP contribution in [0.3, 0.4) is 0 Å². The molecule has 21 heavy (non-hydrogen) atoms. The molecular formula is C16H21FN4. The van der Waals surface area contributed by atoms with Crippen molar-refractivity contribution in [2.45, 2.75) is 45.6 Å². The number of aryl methyl sites for hydroxylation is 1. The second kappa shape index (κ2) is 6.35. The molecule has 0 radical (unpaired) electrons. The maximum atomic E-state index is 13.5. The van der Waals surface area contributed by atoms with E-state index >= 15 is 0 Å². The molecule has 4 nitrogen and oxygen atoms in total. The molecule has 0 aromatic carbocycles. The fourth-order valence-corrected chi connectivity index (χ4v) is 2.87. The van der Waals surface area contributed by atoms with Gasteiger partial charge in [-0.2, -0.15) is 0 Å². The summed E-state index contributed by atoms with van der Waals surface area (Å²) in [5.74, 6) is 0.511. The van der Waals surface area contributed by atoms with E-state index in [2.05, 4.69) is 22.2 Å². The summed E-state index contributed by atoms with van der Waals surface area (Å²) in [6.45, 7) is 3.66. The molecule has 0 saturated heterocycles. The van der Waals surface area contributed by atoms with E-state index in [1.165, 1.54) is 30.4 Å². The largest absolute Gasteiger partial charge is 0.313 e. The van der Waals surface area contributed by atoms with Crippen molar-refractivity contribution in [2.75, 3.05) is 6.54 Å². The summed E-state index contributed by atoms with van der Waals surface area (Å²) in [5, 5.41) is 3.32. The van der Waals surface area contributed by atoms with Gasteiger partial charge in [-0.25, -0.2) is 14.4 Å². The number of nitrogens with zero attached hydrogens (tertiary/aromatic N) is 3. The molecule has 0 saturated carbocycles. The minimum absolute atomic E-state index is 0.291. The predicted molar refractivity (Wildman–Crippen MR) is 80.0 cm³/mol. The van der Waals surface area contributed by atoms with Crippen LogP contribution in [0.4, 0.5) is 4.39 Å². The summed E-state index contributed by atoms with van der Waals surface area (Å²) < 4.78 is 15.6. The van der Waals surface area contributed by atoms with E-state index in [0.29, 0.717) is 6.54 Å². The highest BCUT2D eigenvalue weighted by Gasteiger charge is 2.18. The fraction of sp³-hybridized carbons (Fsp3) is 0.500. The summed E-state index contributed by atoms with van der Waals surface area (Å²) >= 11 is 0. The standard InChI is InChI=1S/C16H21FN4/c1-2-7-18-9-12-8-13(17)10-19-16(12)21-11-20-14-5-3-4-6-15(14)21/h8,10-11,18H,2-7,9H2,1H3. The van der Waals surface area contributed by atoms with Crippen LogP contribution in [-0.2, 0) is 19.4 Å². The molecule has 112 valence electrons. The Balaban J connectivity index is 1.95. The number of fused-ring (bicyclic) bond motifs is 1. The summed E-state index contributed by atoms with van der Waals surface area (Å²) in [6.07, 6.45) is 8.62. The Bertz CT molecular complexity index is 621. The molecule has 2 heterocycles. The molecule has 0 aliphatic heterocycles. The molecule has 2 aromatic rings. The highest BCUT2D eigenvalue weighted by Crippen LogP contribution is 2.24. The van der Waals surface area contributed by atoms with Gasteiger partial charge in [0.05, 0.1) is 11.9 Å².